The van der Waals surface area contributed by atoms with Crippen LogP contribution in [0.2, 0.25) is 0 Å². The molecule has 2 atom stereocenters. The van der Waals surface area contributed by atoms with Crippen molar-refractivity contribution in [3.05, 3.63) is 72.5 Å². The highest BCUT2D eigenvalue weighted by atomic mass is 16.3. The number of hydrogen-bond acceptors (Lipinski definition) is 5. The van der Waals surface area contributed by atoms with Gasteiger partial charge in [-0.25, -0.2) is 4.98 Å². The fourth-order valence-corrected chi connectivity index (χ4v) is 4.80. The van der Waals surface area contributed by atoms with Crippen molar-refractivity contribution < 1.29 is 14.0 Å². The minimum Gasteiger partial charge on any atom is -0.459 e. The number of aromatic nitrogens is 3. The Hall–Kier alpha value is -3.42. The van der Waals surface area contributed by atoms with Crippen LogP contribution < -0.4 is 0 Å². The number of amides is 2. The second-order valence-electron chi connectivity index (χ2n) is 8.17. The van der Waals surface area contributed by atoms with Gasteiger partial charge >= 0.3 is 0 Å². The molecule has 8 heteroatoms. The van der Waals surface area contributed by atoms with Gasteiger partial charge in [-0.2, -0.15) is 0 Å². The molecule has 0 saturated carbocycles. The first-order chi connectivity index (χ1) is 14.6. The van der Waals surface area contributed by atoms with Crippen LogP contribution in [-0.4, -0.2) is 55.8 Å². The lowest BCUT2D eigenvalue weighted by Gasteiger charge is -2.27. The molecule has 2 aliphatic heterocycles. The number of imidazole rings is 1. The van der Waals surface area contributed by atoms with Crippen molar-refractivity contribution in [3.8, 4) is 0 Å². The standard InChI is InChI=1S/C22H23N5O3/c1-25-13-18(24-15-25)17-12-27(20(28)19-5-3-9-30-19)14-22(17)6-8-26(21(22)29)11-16-4-2-7-23-10-16/h2-5,7,9-10,13,15,17H,6,8,11-12,14H2,1H3/t17-,22+/m1/s1. The Morgan fingerprint density at radius 2 is 2.23 bits per heavy atom. The SMILES string of the molecule is Cn1cnc([C@H]2CN(C(=O)c3ccco3)C[C@@]23CCN(Cc2cccnc2)C3=O)c1. The highest BCUT2D eigenvalue weighted by Gasteiger charge is 2.58. The van der Waals surface area contributed by atoms with Crippen LogP contribution in [0, 0.1) is 5.41 Å². The van der Waals surface area contributed by atoms with E-state index < -0.39 is 5.41 Å². The van der Waals surface area contributed by atoms with Gasteiger partial charge in [-0.05, 0) is 30.2 Å². The first-order valence-electron chi connectivity index (χ1n) is 10.1. The Morgan fingerprint density at radius 3 is 2.93 bits per heavy atom. The molecule has 0 radical (unpaired) electrons. The van der Waals surface area contributed by atoms with E-state index in [9.17, 15) is 9.59 Å². The van der Waals surface area contributed by atoms with E-state index in [-0.39, 0.29) is 17.7 Å². The summed E-state index contributed by atoms with van der Waals surface area (Å²) in [6.07, 6.45) is 9.39. The van der Waals surface area contributed by atoms with Crippen molar-refractivity contribution in [2.45, 2.75) is 18.9 Å². The van der Waals surface area contributed by atoms with E-state index in [1.165, 1.54) is 6.26 Å². The summed E-state index contributed by atoms with van der Waals surface area (Å²) in [6, 6.07) is 7.21. The molecule has 0 unspecified atom stereocenters. The zero-order valence-electron chi connectivity index (χ0n) is 16.8. The third-order valence-corrected chi connectivity index (χ3v) is 6.28. The van der Waals surface area contributed by atoms with Gasteiger partial charge in [-0.15, -0.1) is 0 Å². The molecular weight excluding hydrogens is 382 g/mol. The second kappa shape index (κ2) is 7.12. The molecule has 8 nitrogen and oxygen atoms in total. The third-order valence-electron chi connectivity index (χ3n) is 6.28. The van der Waals surface area contributed by atoms with Crippen molar-refractivity contribution in [3.63, 3.8) is 0 Å². The molecule has 2 aliphatic rings. The van der Waals surface area contributed by atoms with E-state index in [0.717, 1.165) is 11.3 Å². The molecule has 3 aromatic rings. The molecule has 0 aromatic carbocycles. The fraction of sp³-hybridized carbons (Fsp3) is 0.364. The quantitative estimate of drug-likeness (QED) is 0.663. The first kappa shape index (κ1) is 18.6. The largest absolute Gasteiger partial charge is 0.459 e. The Bertz CT molecular complexity index is 1060. The van der Waals surface area contributed by atoms with Crippen LogP contribution in [0.3, 0.4) is 0 Å². The lowest BCUT2D eigenvalue weighted by molar-refractivity contribution is -0.136. The monoisotopic (exact) mass is 405 g/mol. The molecule has 2 fully saturated rings. The Balaban J connectivity index is 1.46. The number of pyridine rings is 1. The van der Waals surface area contributed by atoms with Crippen LogP contribution in [0.25, 0.3) is 0 Å². The highest BCUT2D eigenvalue weighted by molar-refractivity contribution is 5.94. The minimum atomic E-state index is -0.668. The molecule has 1 spiro atoms. The molecule has 0 aliphatic carbocycles. The Morgan fingerprint density at radius 1 is 1.33 bits per heavy atom. The van der Waals surface area contributed by atoms with Gasteiger partial charge < -0.3 is 18.8 Å². The number of rotatable bonds is 4. The molecule has 154 valence electrons. The average molecular weight is 405 g/mol. The first-order valence-corrected chi connectivity index (χ1v) is 10.1. The summed E-state index contributed by atoms with van der Waals surface area (Å²) in [5.74, 6) is 0.0431. The van der Waals surface area contributed by atoms with Crippen LogP contribution in [0.5, 0.6) is 0 Å². The smallest absolute Gasteiger partial charge is 0.289 e. The molecule has 2 saturated heterocycles. The van der Waals surface area contributed by atoms with Crippen LogP contribution in [0.15, 0.2) is 59.9 Å². The molecule has 0 bridgehead atoms. The van der Waals surface area contributed by atoms with Crippen LogP contribution in [0.1, 0.15) is 34.2 Å². The van der Waals surface area contributed by atoms with E-state index in [4.69, 9.17) is 4.42 Å². The maximum atomic E-state index is 13.7. The van der Waals surface area contributed by atoms with Crippen molar-refractivity contribution in [2.24, 2.45) is 12.5 Å². The maximum absolute atomic E-state index is 13.7. The summed E-state index contributed by atoms with van der Waals surface area (Å²) in [4.78, 5) is 39.0. The summed E-state index contributed by atoms with van der Waals surface area (Å²) in [6.45, 7) is 1.99. The zero-order valence-corrected chi connectivity index (χ0v) is 16.8. The lowest BCUT2D eigenvalue weighted by Crippen LogP contribution is -2.40. The number of furan rings is 1. The molecule has 5 heterocycles. The van der Waals surface area contributed by atoms with E-state index in [1.807, 2.05) is 34.8 Å². The second-order valence-corrected chi connectivity index (χ2v) is 8.17. The molecule has 2 amide bonds. The van der Waals surface area contributed by atoms with Gasteiger partial charge in [-0.3, -0.25) is 14.6 Å². The van der Waals surface area contributed by atoms with Gasteiger partial charge in [0, 0.05) is 57.7 Å². The number of nitrogens with zero attached hydrogens (tertiary/aromatic N) is 5. The summed E-state index contributed by atoms with van der Waals surface area (Å²) in [5, 5.41) is 0. The van der Waals surface area contributed by atoms with Crippen molar-refractivity contribution in [1.82, 2.24) is 24.3 Å². The number of aryl methyl sites for hydroxylation is 1. The lowest BCUT2D eigenvalue weighted by atomic mass is 9.75. The van der Waals surface area contributed by atoms with Crippen LogP contribution >= 0.6 is 0 Å². The third kappa shape index (κ3) is 2.99. The number of likely N-dealkylation sites (tertiary alicyclic amines) is 2. The molecule has 0 N–H and O–H groups in total. The van der Waals surface area contributed by atoms with Gasteiger partial charge in [0.25, 0.3) is 5.91 Å². The normalized spacial score (nSPS) is 23.6. The Kier molecular flexibility index (Phi) is 4.42. The van der Waals surface area contributed by atoms with E-state index in [2.05, 4.69) is 9.97 Å². The van der Waals surface area contributed by atoms with Crippen molar-refractivity contribution >= 4 is 11.8 Å². The predicted octanol–water partition coefficient (Wildman–Crippen LogP) is 2.07. The summed E-state index contributed by atoms with van der Waals surface area (Å²) in [5.41, 5.74) is 1.18. The molecule has 3 aromatic heterocycles. The molecule has 30 heavy (non-hydrogen) atoms. The van der Waals surface area contributed by atoms with E-state index >= 15 is 0 Å². The zero-order chi connectivity index (χ0) is 20.7. The van der Waals surface area contributed by atoms with Gasteiger partial charge in [0.15, 0.2) is 5.76 Å². The Labute approximate surface area is 174 Å². The summed E-state index contributed by atoms with van der Waals surface area (Å²) in [7, 11) is 1.91. The van der Waals surface area contributed by atoms with Gasteiger partial charge in [0.1, 0.15) is 0 Å². The number of hydrogen-bond donors (Lipinski definition) is 0. The average Bonchev–Trinajstić information content (AvgIpc) is 3.54. The summed E-state index contributed by atoms with van der Waals surface area (Å²) < 4.78 is 7.20. The van der Waals surface area contributed by atoms with Gasteiger partial charge in [-0.1, -0.05) is 6.07 Å². The van der Waals surface area contributed by atoms with E-state index in [0.29, 0.717) is 38.4 Å². The number of carbonyl (C=O) groups is 2. The predicted molar refractivity (Wildman–Crippen MR) is 107 cm³/mol. The highest BCUT2D eigenvalue weighted by Crippen LogP contribution is 2.50. The van der Waals surface area contributed by atoms with Crippen LogP contribution in [0.4, 0.5) is 0 Å². The number of carbonyl (C=O) groups excluding carboxylic acids is 2. The topological polar surface area (TPSA) is 84.5 Å². The maximum Gasteiger partial charge on any atom is 0.289 e. The molecule has 5 rings (SSSR count). The summed E-state index contributed by atoms with van der Waals surface area (Å²) >= 11 is 0. The van der Waals surface area contributed by atoms with Crippen molar-refractivity contribution in [2.75, 3.05) is 19.6 Å². The van der Waals surface area contributed by atoms with Crippen LogP contribution in [-0.2, 0) is 18.4 Å². The van der Waals surface area contributed by atoms with E-state index in [1.54, 1.807) is 35.8 Å². The minimum absolute atomic E-state index is 0.0803. The van der Waals surface area contributed by atoms with Gasteiger partial charge in [0.05, 0.1) is 23.7 Å². The van der Waals surface area contributed by atoms with Crippen molar-refractivity contribution in [1.29, 1.82) is 0 Å². The molecular formula is C22H23N5O3. The fourth-order valence-electron chi connectivity index (χ4n) is 4.80. The van der Waals surface area contributed by atoms with Gasteiger partial charge in [0.2, 0.25) is 5.91 Å².